The highest BCUT2D eigenvalue weighted by atomic mass is 16.7. The van der Waals surface area contributed by atoms with Gasteiger partial charge in [-0.1, -0.05) is 24.8 Å². The third-order valence-corrected chi connectivity index (χ3v) is 3.19. The molecule has 0 aliphatic carbocycles. The Morgan fingerprint density at radius 1 is 1.30 bits per heavy atom. The molecule has 1 aliphatic rings. The van der Waals surface area contributed by atoms with Crippen LogP contribution in [-0.2, 0) is 14.4 Å². The maximum atomic E-state index is 12.2. The van der Waals surface area contributed by atoms with Crippen LogP contribution in [0.2, 0.25) is 0 Å². The van der Waals surface area contributed by atoms with E-state index in [4.69, 9.17) is 9.57 Å². The molecule has 0 atom stereocenters. The Morgan fingerprint density at radius 2 is 1.90 bits per heavy atom. The molecule has 0 bridgehead atoms. The summed E-state index contributed by atoms with van der Waals surface area (Å²) in [6.45, 7) is 7.26. The second kappa shape index (κ2) is 5.09. The van der Waals surface area contributed by atoms with Crippen LogP contribution in [0.1, 0.15) is 29.8 Å². The second-order valence-electron chi connectivity index (χ2n) is 5.24. The molecule has 20 heavy (non-hydrogen) atoms. The van der Waals surface area contributed by atoms with Gasteiger partial charge in [-0.05, 0) is 19.9 Å². The molecule has 0 fully saturated rings. The predicted octanol–water partition coefficient (Wildman–Crippen LogP) is 2.24. The van der Waals surface area contributed by atoms with Gasteiger partial charge in [0.25, 0.3) is 5.91 Å². The van der Waals surface area contributed by atoms with Gasteiger partial charge in [0, 0.05) is 5.56 Å². The van der Waals surface area contributed by atoms with Crippen molar-refractivity contribution in [1.29, 1.82) is 0 Å². The molecule has 0 aromatic heterocycles. The van der Waals surface area contributed by atoms with E-state index in [0.717, 1.165) is 10.6 Å². The third-order valence-electron chi connectivity index (χ3n) is 3.19. The lowest BCUT2D eigenvalue weighted by Gasteiger charge is -2.24. The molecule has 2 rings (SSSR count). The minimum absolute atomic E-state index is 0.0262. The molecule has 1 aromatic carbocycles. The van der Waals surface area contributed by atoms with Crippen LogP contribution in [-0.4, -0.2) is 30.7 Å². The fraction of sp³-hybridized carbons (Fsp3) is 0.333. The molecule has 5 heteroatoms. The molecule has 0 saturated carbocycles. The SMILES string of the molecule is C=C1c2ccccc2C(=O)N1OCC(C)(C)C(=O)OC. The summed E-state index contributed by atoms with van der Waals surface area (Å²) in [5.41, 5.74) is 0.928. The van der Waals surface area contributed by atoms with Crippen LogP contribution in [0.3, 0.4) is 0 Å². The van der Waals surface area contributed by atoms with Crippen LogP contribution < -0.4 is 0 Å². The lowest BCUT2D eigenvalue weighted by atomic mass is 9.95. The van der Waals surface area contributed by atoms with Crippen LogP contribution in [0, 0.1) is 5.41 Å². The number of hydrogen-bond acceptors (Lipinski definition) is 4. The molecule has 0 N–H and O–H groups in total. The van der Waals surface area contributed by atoms with Gasteiger partial charge < -0.3 is 4.74 Å². The Labute approximate surface area is 117 Å². The largest absolute Gasteiger partial charge is 0.469 e. The van der Waals surface area contributed by atoms with E-state index < -0.39 is 11.4 Å². The zero-order valence-electron chi connectivity index (χ0n) is 11.8. The fourth-order valence-corrected chi connectivity index (χ4v) is 1.96. The van der Waals surface area contributed by atoms with E-state index in [1.54, 1.807) is 26.0 Å². The molecule has 0 spiro atoms. The van der Waals surface area contributed by atoms with Gasteiger partial charge >= 0.3 is 5.97 Å². The van der Waals surface area contributed by atoms with E-state index in [2.05, 4.69) is 6.58 Å². The average Bonchev–Trinajstić information content (AvgIpc) is 2.68. The number of methoxy groups -OCH3 is 1. The minimum atomic E-state index is -0.843. The molecular formula is C15H17NO4. The van der Waals surface area contributed by atoms with E-state index in [9.17, 15) is 9.59 Å². The second-order valence-corrected chi connectivity index (χ2v) is 5.24. The summed E-state index contributed by atoms with van der Waals surface area (Å²) in [5, 5.41) is 1.13. The van der Waals surface area contributed by atoms with Gasteiger partial charge in [-0.25, -0.2) is 0 Å². The van der Waals surface area contributed by atoms with Crippen molar-refractivity contribution in [3.8, 4) is 0 Å². The number of benzene rings is 1. The van der Waals surface area contributed by atoms with Crippen molar-refractivity contribution in [2.45, 2.75) is 13.8 Å². The smallest absolute Gasteiger partial charge is 0.313 e. The molecule has 0 saturated heterocycles. The summed E-state index contributed by atoms with van der Waals surface area (Å²) in [5.74, 6) is -0.668. The Balaban J connectivity index is 2.12. The number of carbonyl (C=O) groups excluding carboxylic acids is 2. The van der Waals surface area contributed by atoms with Gasteiger partial charge in [0.15, 0.2) is 0 Å². The zero-order valence-corrected chi connectivity index (χ0v) is 11.8. The van der Waals surface area contributed by atoms with Crippen molar-refractivity contribution < 1.29 is 19.2 Å². The van der Waals surface area contributed by atoms with E-state index in [1.165, 1.54) is 7.11 Å². The molecule has 1 aliphatic heterocycles. The van der Waals surface area contributed by atoms with Gasteiger partial charge in [-0.2, -0.15) is 5.06 Å². The summed E-state index contributed by atoms with van der Waals surface area (Å²) < 4.78 is 4.70. The number of ether oxygens (including phenoxy) is 1. The maximum absolute atomic E-state index is 12.2. The highest BCUT2D eigenvalue weighted by Crippen LogP contribution is 2.32. The lowest BCUT2D eigenvalue weighted by molar-refractivity contribution is -0.163. The number of hydroxylamine groups is 2. The molecule has 0 radical (unpaired) electrons. The third kappa shape index (κ3) is 2.32. The molecule has 106 valence electrons. The summed E-state index contributed by atoms with van der Waals surface area (Å²) in [7, 11) is 1.32. The van der Waals surface area contributed by atoms with Crippen molar-refractivity contribution in [2.24, 2.45) is 5.41 Å². The van der Waals surface area contributed by atoms with Crippen LogP contribution in [0.25, 0.3) is 5.70 Å². The summed E-state index contributed by atoms with van der Waals surface area (Å²) in [6.07, 6.45) is 0. The van der Waals surface area contributed by atoms with Gasteiger partial charge in [0.1, 0.15) is 0 Å². The number of rotatable bonds is 4. The Kier molecular flexibility index (Phi) is 3.63. The number of hydrogen-bond donors (Lipinski definition) is 0. The van der Waals surface area contributed by atoms with Crippen LogP contribution >= 0.6 is 0 Å². The van der Waals surface area contributed by atoms with E-state index in [0.29, 0.717) is 11.3 Å². The van der Waals surface area contributed by atoms with Crippen molar-refractivity contribution in [3.63, 3.8) is 0 Å². The summed E-state index contributed by atoms with van der Waals surface area (Å²) in [6, 6.07) is 7.15. The van der Waals surface area contributed by atoms with Crippen molar-refractivity contribution in [1.82, 2.24) is 5.06 Å². The Morgan fingerprint density at radius 3 is 2.45 bits per heavy atom. The summed E-state index contributed by atoms with van der Waals surface area (Å²) in [4.78, 5) is 29.3. The maximum Gasteiger partial charge on any atom is 0.313 e. The first-order valence-electron chi connectivity index (χ1n) is 6.22. The van der Waals surface area contributed by atoms with Crippen molar-refractivity contribution in [2.75, 3.05) is 13.7 Å². The Hall–Kier alpha value is -2.14. The molecule has 0 unspecified atom stereocenters. The van der Waals surface area contributed by atoms with Crippen LogP contribution in [0.15, 0.2) is 30.8 Å². The predicted molar refractivity (Wildman–Crippen MR) is 73.4 cm³/mol. The van der Waals surface area contributed by atoms with Gasteiger partial charge in [0.2, 0.25) is 0 Å². The van der Waals surface area contributed by atoms with Crippen LogP contribution in [0.4, 0.5) is 0 Å². The molecule has 1 aromatic rings. The first-order valence-corrected chi connectivity index (χ1v) is 6.22. The minimum Gasteiger partial charge on any atom is -0.469 e. The Bertz CT molecular complexity index is 542. The van der Waals surface area contributed by atoms with E-state index in [-0.39, 0.29) is 12.5 Å². The first-order chi connectivity index (χ1) is 9.38. The molecule has 5 nitrogen and oxygen atoms in total. The van der Waals surface area contributed by atoms with Crippen molar-refractivity contribution >= 4 is 17.6 Å². The van der Waals surface area contributed by atoms with Gasteiger partial charge in [-0.15, -0.1) is 0 Å². The van der Waals surface area contributed by atoms with E-state index in [1.807, 2.05) is 12.1 Å². The van der Waals surface area contributed by atoms with Crippen molar-refractivity contribution in [3.05, 3.63) is 42.0 Å². The number of esters is 1. The fourth-order valence-electron chi connectivity index (χ4n) is 1.96. The van der Waals surface area contributed by atoms with Gasteiger partial charge in [-0.3, -0.25) is 14.4 Å². The topological polar surface area (TPSA) is 55.8 Å². The number of carbonyl (C=O) groups is 2. The number of amides is 1. The highest BCUT2D eigenvalue weighted by molar-refractivity contribution is 6.07. The van der Waals surface area contributed by atoms with Gasteiger partial charge in [0.05, 0.1) is 30.4 Å². The van der Waals surface area contributed by atoms with E-state index >= 15 is 0 Å². The molecule has 1 amide bonds. The van der Waals surface area contributed by atoms with Crippen LogP contribution in [0.5, 0.6) is 0 Å². The molecule has 1 heterocycles. The monoisotopic (exact) mass is 275 g/mol. The lowest BCUT2D eigenvalue weighted by Crippen LogP contribution is -2.35. The standard InChI is InChI=1S/C15H17NO4/c1-10-11-7-5-6-8-12(11)13(17)16(10)20-9-15(2,3)14(18)19-4/h5-8H,1,9H2,2-4H3. The number of fused-ring (bicyclic) bond motifs is 1. The quantitative estimate of drug-likeness (QED) is 0.791. The normalized spacial score (nSPS) is 14.4. The molecular weight excluding hydrogens is 258 g/mol. The highest BCUT2D eigenvalue weighted by Gasteiger charge is 2.35. The average molecular weight is 275 g/mol. The summed E-state index contributed by atoms with van der Waals surface area (Å²) >= 11 is 0. The zero-order chi connectivity index (χ0) is 14.9. The first kappa shape index (κ1) is 14.3. The number of nitrogens with zero attached hydrogens (tertiary/aromatic N) is 1.